The Labute approximate surface area is 126 Å². The number of hydrogen-bond acceptors (Lipinski definition) is 2. The zero-order valence-corrected chi connectivity index (χ0v) is 11.8. The highest BCUT2D eigenvalue weighted by Gasteiger charge is 2.34. The van der Waals surface area contributed by atoms with Gasteiger partial charge in [0.2, 0.25) is 0 Å². The van der Waals surface area contributed by atoms with Crippen LogP contribution in [0.3, 0.4) is 0 Å². The first-order valence-electron chi connectivity index (χ1n) is 5.86. The molecule has 10 heteroatoms. The lowest BCUT2D eigenvalue weighted by Crippen LogP contribution is -2.17. The second-order valence-corrected chi connectivity index (χ2v) is 5.97. The summed E-state index contributed by atoms with van der Waals surface area (Å²) in [7, 11) is -4.84. The largest absolute Gasteiger partial charge is 0.419 e. The van der Waals surface area contributed by atoms with E-state index in [1.807, 2.05) is 0 Å². The molecule has 2 aromatic carbocycles. The minimum atomic E-state index is -5.06. The van der Waals surface area contributed by atoms with Gasteiger partial charge in [0.1, 0.15) is 17.5 Å². The molecule has 0 aliphatic heterocycles. The maximum absolute atomic E-state index is 13.5. The lowest BCUT2D eigenvalue weighted by Gasteiger charge is -2.13. The lowest BCUT2D eigenvalue weighted by molar-refractivity contribution is -0.139. The number of halogens is 6. The van der Waals surface area contributed by atoms with E-state index in [1.54, 1.807) is 4.72 Å². The van der Waals surface area contributed by atoms with E-state index in [-0.39, 0.29) is 6.07 Å². The van der Waals surface area contributed by atoms with E-state index in [0.717, 1.165) is 6.07 Å². The highest BCUT2D eigenvalue weighted by Crippen LogP contribution is 2.33. The van der Waals surface area contributed by atoms with Crippen LogP contribution in [0.4, 0.5) is 32.0 Å². The molecule has 2 rings (SSSR count). The maximum Gasteiger partial charge on any atom is 0.419 e. The van der Waals surface area contributed by atoms with Crippen LogP contribution in [0.5, 0.6) is 0 Å². The Morgan fingerprint density at radius 1 is 0.870 bits per heavy atom. The first-order chi connectivity index (χ1) is 10.5. The molecule has 0 spiro atoms. The van der Waals surface area contributed by atoms with Crippen molar-refractivity contribution in [2.45, 2.75) is 11.1 Å². The van der Waals surface area contributed by atoms with Gasteiger partial charge in [0.25, 0.3) is 10.0 Å². The van der Waals surface area contributed by atoms with E-state index in [2.05, 4.69) is 0 Å². The van der Waals surface area contributed by atoms with Gasteiger partial charge >= 0.3 is 6.18 Å². The molecule has 0 amide bonds. The first-order valence-corrected chi connectivity index (χ1v) is 7.34. The van der Waals surface area contributed by atoms with Gasteiger partial charge in [-0.15, -0.1) is 0 Å². The van der Waals surface area contributed by atoms with Gasteiger partial charge in [0, 0.05) is 5.69 Å². The summed E-state index contributed by atoms with van der Waals surface area (Å²) in [5, 5.41) is 0. The normalized spacial score (nSPS) is 12.3. The van der Waals surface area contributed by atoms with Gasteiger partial charge in [-0.05, 0) is 30.3 Å². The van der Waals surface area contributed by atoms with Gasteiger partial charge in [-0.25, -0.2) is 21.6 Å². The van der Waals surface area contributed by atoms with E-state index in [0.29, 0.717) is 24.3 Å². The van der Waals surface area contributed by atoms with Crippen molar-refractivity contribution < 1.29 is 34.8 Å². The summed E-state index contributed by atoms with van der Waals surface area (Å²) in [6.07, 6.45) is -5.06. The topological polar surface area (TPSA) is 46.2 Å². The summed E-state index contributed by atoms with van der Waals surface area (Å²) in [6, 6.07) is 3.53. The molecule has 0 bridgehead atoms. The molecule has 3 nitrogen and oxygen atoms in total. The molecule has 0 aromatic heterocycles. The van der Waals surface area contributed by atoms with Gasteiger partial charge in [0.15, 0.2) is 4.90 Å². The van der Waals surface area contributed by atoms with Crippen molar-refractivity contribution in [3.63, 3.8) is 0 Å². The number of rotatable bonds is 3. The Bertz CT molecular complexity index is 828. The summed E-state index contributed by atoms with van der Waals surface area (Å²) in [4.78, 5) is -1.35. The number of benzene rings is 2. The molecule has 0 atom stereocenters. The van der Waals surface area contributed by atoms with Crippen molar-refractivity contribution in [3.05, 3.63) is 59.4 Å². The van der Waals surface area contributed by atoms with Gasteiger partial charge < -0.3 is 0 Å². The molecule has 0 radical (unpaired) electrons. The van der Waals surface area contributed by atoms with Crippen molar-refractivity contribution in [2.24, 2.45) is 0 Å². The number of anilines is 1. The van der Waals surface area contributed by atoms with Gasteiger partial charge in [-0.1, -0.05) is 6.07 Å². The molecule has 0 saturated carbocycles. The third kappa shape index (κ3) is 3.58. The zero-order valence-electron chi connectivity index (χ0n) is 11.0. The van der Waals surface area contributed by atoms with Gasteiger partial charge in [-0.3, -0.25) is 4.72 Å². The van der Waals surface area contributed by atoms with Crippen LogP contribution in [-0.2, 0) is 16.2 Å². The van der Waals surface area contributed by atoms with E-state index in [9.17, 15) is 34.8 Å². The van der Waals surface area contributed by atoms with Crippen molar-refractivity contribution >= 4 is 15.7 Å². The predicted octanol–water partition coefficient (Wildman–Crippen LogP) is 3.92. The minimum absolute atomic E-state index is 0.186. The van der Waals surface area contributed by atoms with E-state index in [1.165, 1.54) is 0 Å². The summed E-state index contributed by atoms with van der Waals surface area (Å²) in [5.74, 6) is -4.45. The molecular weight excluding hydrogens is 348 g/mol. The molecule has 1 N–H and O–H groups in total. The molecule has 0 saturated heterocycles. The molecule has 124 valence electrons. The Kier molecular flexibility index (Phi) is 4.29. The molecule has 0 unspecified atom stereocenters. The van der Waals surface area contributed by atoms with Crippen molar-refractivity contribution in [1.29, 1.82) is 0 Å². The summed E-state index contributed by atoms with van der Waals surface area (Å²) >= 11 is 0. The van der Waals surface area contributed by atoms with Crippen molar-refractivity contribution in [2.75, 3.05) is 4.72 Å². The fourth-order valence-corrected chi connectivity index (χ4v) is 2.94. The SMILES string of the molecule is O=S(=O)(Nc1ccc(F)c(C(F)(F)F)c1)c1c(F)cccc1F. The van der Waals surface area contributed by atoms with Crippen LogP contribution in [-0.4, -0.2) is 8.42 Å². The van der Waals surface area contributed by atoms with Crippen LogP contribution in [0.1, 0.15) is 5.56 Å². The molecular formula is C13H7F6NO2S. The number of alkyl halides is 3. The standard InChI is InChI=1S/C13H7F6NO2S/c14-9-5-4-7(6-8(9)13(17,18)19)20-23(21,22)12-10(15)2-1-3-11(12)16/h1-6,20H. The van der Waals surface area contributed by atoms with Gasteiger partial charge in [-0.2, -0.15) is 13.2 Å². The van der Waals surface area contributed by atoms with Crippen LogP contribution in [0.2, 0.25) is 0 Å². The Morgan fingerprint density at radius 2 is 1.43 bits per heavy atom. The molecule has 0 aliphatic carbocycles. The Hall–Kier alpha value is -2.23. The second kappa shape index (κ2) is 5.76. The van der Waals surface area contributed by atoms with Crippen LogP contribution in [0.15, 0.2) is 41.3 Å². The van der Waals surface area contributed by atoms with E-state index >= 15 is 0 Å². The number of hydrogen-bond donors (Lipinski definition) is 1. The summed E-state index contributed by atoms with van der Waals surface area (Å²) in [6.45, 7) is 0. The average Bonchev–Trinajstić information content (AvgIpc) is 2.39. The minimum Gasteiger partial charge on any atom is -0.279 e. The second-order valence-electron chi connectivity index (χ2n) is 4.35. The molecule has 0 heterocycles. The monoisotopic (exact) mass is 355 g/mol. The number of nitrogens with one attached hydrogen (secondary N) is 1. The molecule has 23 heavy (non-hydrogen) atoms. The molecule has 0 aliphatic rings. The molecule has 2 aromatic rings. The van der Waals surface area contributed by atoms with Crippen molar-refractivity contribution in [1.82, 2.24) is 0 Å². The third-order valence-electron chi connectivity index (χ3n) is 2.71. The van der Waals surface area contributed by atoms with Crippen LogP contribution in [0.25, 0.3) is 0 Å². The molecule has 0 fully saturated rings. The summed E-state index contributed by atoms with van der Waals surface area (Å²) < 4.78 is 103. The highest BCUT2D eigenvalue weighted by atomic mass is 32.2. The zero-order chi connectivity index (χ0) is 17.4. The average molecular weight is 355 g/mol. The lowest BCUT2D eigenvalue weighted by atomic mass is 10.2. The van der Waals surface area contributed by atoms with Crippen LogP contribution in [0, 0.1) is 17.5 Å². The van der Waals surface area contributed by atoms with E-state index < -0.39 is 49.8 Å². The smallest absolute Gasteiger partial charge is 0.279 e. The Balaban J connectivity index is 2.47. The fraction of sp³-hybridized carbons (Fsp3) is 0.0769. The van der Waals surface area contributed by atoms with Crippen LogP contribution < -0.4 is 4.72 Å². The third-order valence-corrected chi connectivity index (χ3v) is 4.14. The quantitative estimate of drug-likeness (QED) is 0.849. The van der Waals surface area contributed by atoms with Crippen LogP contribution >= 0.6 is 0 Å². The number of sulfonamides is 1. The summed E-state index contributed by atoms with van der Waals surface area (Å²) in [5.41, 5.74) is -2.41. The van der Waals surface area contributed by atoms with Crippen molar-refractivity contribution in [3.8, 4) is 0 Å². The fourth-order valence-electron chi connectivity index (χ4n) is 1.75. The predicted molar refractivity (Wildman–Crippen MR) is 68.6 cm³/mol. The van der Waals surface area contributed by atoms with Gasteiger partial charge in [0.05, 0.1) is 5.56 Å². The van der Waals surface area contributed by atoms with E-state index in [4.69, 9.17) is 0 Å². The Morgan fingerprint density at radius 3 is 1.96 bits per heavy atom. The highest BCUT2D eigenvalue weighted by molar-refractivity contribution is 7.92. The maximum atomic E-state index is 13.5. The first kappa shape index (κ1) is 17.1.